The summed E-state index contributed by atoms with van der Waals surface area (Å²) < 4.78 is 0. The van der Waals surface area contributed by atoms with Crippen LogP contribution in [0.5, 0.6) is 0 Å². The SMILES string of the molecule is N.N.O.O.O.O.O.O.O.O. The Morgan fingerprint density at radius 1 is 0.200 bits per heavy atom. The summed E-state index contributed by atoms with van der Waals surface area (Å²) >= 11 is 0. The van der Waals surface area contributed by atoms with Gasteiger partial charge in [0.15, 0.2) is 0 Å². The molecular weight excluding hydrogens is 156 g/mol. The molecule has 0 unspecified atom stereocenters. The third-order valence-corrected chi connectivity index (χ3v) is 0. The maximum atomic E-state index is 0. The highest BCUT2D eigenvalue weighted by Crippen LogP contribution is -0.282. The van der Waals surface area contributed by atoms with Crippen molar-refractivity contribution in [3.05, 3.63) is 0 Å². The molecule has 0 rings (SSSR count). The van der Waals surface area contributed by atoms with Gasteiger partial charge in [-0.1, -0.05) is 0 Å². The quantitative estimate of drug-likeness (QED) is 0.365. The number of hydrogen-bond acceptors (Lipinski definition) is 2. The van der Waals surface area contributed by atoms with Crippen LogP contribution >= 0.6 is 0 Å². The molecule has 0 bridgehead atoms. The van der Waals surface area contributed by atoms with Crippen molar-refractivity contribution >= 4 is 0 Å². The van der Waals surface area contributed by atoms with Crippen molar-refractivity contribution in [3.8, 4) is 0 Å². The summed E-state index contributed by atoms with van der Waals surface area (Å²) in [7, 11) is 0. The maximum absolute atomic E-state index is 0. The van der Waals surface area contributed by atoms with E-state index in [0.29, 0.717) is 0 Å². The van der Waals surface area contributed by atoms with Crippen molar-refractivity contribution in [2.24, 2.45) is 0 Å². The average molecular weight is 178 g/mol. The van der Waals surface area contributed by atoms with Crippen LogP contribution in [-0.2, 0) is 0 Å². The second-order valence-electron chi connectivity index (χ2n) is 0. The Hall–Kier alpha value is -0.400. The van der Waals surface area contributed by atoms with Crippen molar-refractivity contribution in [2.45, 2.75) is 0 Å². The van der Waals surface area contributed by atoms with E-state index >= 15 is 0 Å². The molecule has 0 saturated heterocycles. The second kappa shape index (κ2) is 3100. The lowest BCUT2D eigenvalue weighted by molar-refractivity contribution is 0.823. The van der Waals surface area contributed by atoms with E-state index < -0.39 is 0 Å². The van der Waals surface area contributed by atoms with Gasteiger partial charge >= 0.3 is 0 Å². The molecule has 10 nitrogen and oxygen atoms in total. The van der Waals surface area contributed by atoms with Crippen LogP contribution in [0, 0.1) is 0 Å². The lowest BCUT2D eigenvalue weighted by Crippen LogP contribution is -0.482. The Balaban J connectivity index is 0. The zero-order chi connectivity index (χ0) is 0. The highest BCUT2D eigenvalue weighted by molar-refractivity contribution is 2.14. The number of rotatable bonds is 0. The predicted octanol–water partition coefficient (Wildman–Crippen LogP) is -6.27. The minimum atomic E-state index is 0. The van der Waals surface area contributed by atoms with Crippen LogP contribution in [0.15, 0.2) is 0 Å². The summed E-state index contributed by atoms with van der Waals surface area (Å²) in [6, 6.07) is 0. The van der Waals surface area contributed by atoms with Gasteiger partial charge in [-0.2, -0.15) is 0 Å². The lowest BCUT2D eigenvalue weighted by atomic mass is 14.0. The first-order valence-corrected chi connectivity index (χ1v) is 0. The van der Waals surface area contributed by atoms with E-state index in [0.717, 1.165) is 0 Å². The zero-order valence-electron chi connectivity index (χ0n) is 5.41. The molecule has 0 aliphatic rings. The molecule has 0 aliphatic heterocycles. The van der Waals surface area contributed by atoms with Gasteiger partial charge in [-0.3, -0.25) is 0 Å². The molecule has 0 aromatic carbocycles. The molecule has 0 aromatic rings. The van der Waals surface area contributed by atoms with Crippen LogP contribution in [0.3, 0.4) is 0 Å². The van der Waals surface area contributed by atoms with Gasteiger partial charge in [-0.25, -0.2) is 0 Å². The molecule has 0 saturated carbocycles. The predicted molar refractivity (Wildman–Crippen MR) is 39.0 cm³/mol. The fraction of sp³-hybridized carbons (Fsp3) is 0. The van der Waals surface area contributed by atoms with E-state index in [1.165, 1.54) is 0 Å². The molecule has 0 fully saturated rings. The fourth-order valence-corrected chi connectivity index (χ4v) is 0. The van der Waals surface area contributed by atoms with Crippen molar-refractivity contribution in [1.29, 1.82) is 0 Å². The second-order valence-corrected chi connectivity index (χ2v) is 0. The normalized spacial score (nSPS) is 0. The monoisotopic (exact) mass is 178 g/mol. The van der Waals surface area contributed by atoms with Crippen molar-refractivity contribution in [1.82, 2.24) is 12.3 Å². The molecule has 0 heterocycles. The van der Waals surface area contributed by atoms with Gasteiger partial charge in [-0.15, -0.1) is 0 Å². The third kappa shape index (κ3) is 2070. The van der Waals surface area contributed by atoms with Crippen LogP contribution in [0.2, 0.25) is 0 Å². The van der Waals surface area contributed by atoms with E-state index in [1.807, 2.05) is 0 Å². The van der Waals surface area contributed by atoms with Crippen LogP contribution < -0.4 is 12.3 Å². The van der Waals surface area contributed by atoms with E-state index in [2.05, 4.69) is 0 Å². The van der Waals surface area contributed by atoms with E-state index in [1.54, 1.807) is 0 Å². The molecular formula is H22N2O8. The molecule has 80 valence electrons. The molecule has 0 atom stereocenters. The van der Waals surface area contributed by atoms with Crippen LogP contribution in [-0.4, -0.2) is 43.8 Å². The Labute approximate surface area is 57.5 Å². The molecule has 0 amide bonds. The average Bonchev–Trinajstić information content (AvgIpc) is 0. The Morgan fingerprint density at radius 3 is 0.200 bits per heavy atom. The molecule has 22 N–H and O–H groups in total. The van der Waals surface area contributed by atoms with Gasteiger partial charge in [-0.05, 0) is 0 Å². The highest BCUT2D eigenvalue weighted by Gasteiger charge is -0.343. The topological polar surface area (TPSA) is 322 Å². The van der Waals surface area contributed by atoms with Crippen molar-refractivity contribution in [2.75, 3.05) is 0 Å². The standard InChI is InChI=1S/2H3N.8H2O/h2*1H3;8*1H2. The minimum Gasteiger partial charge on any atom is -0.412 e. The summed E-state index contributed by atoms with van der Waals surface area (Å²) in [6.45, 7) is 0. The summed E-state index contributed by atoms with van der Waals surface area (Å²) in [6.07, 6.45) is 0. The Kier molecular flexibility index (Phi) is 1380000. The van der Waals surface area contributed by atoms with Gasteiger partial charge in [0.1, 0.15) is 0 Å². The number of hydrogen-bond donors (Lipinski definition) is 2. The third-order valence-electron chi connectivity index (χ3n) is 0. The van der Waals surface area contributed by atoms with Crippen LogP contribution in [0.1, 0.15) is 0 Å². The fourth-order valence-electron chi connectivity index (χ4n) is 0. The first-order chi connectivity index (χ1) is 0. The zero-order valence-corrected chi connectivity index (χ0v) is 5.41. The Morgan fingerprint density at radius 2 is 0.200 bits per heavy atom. The molecule has 0 aromatic heterocycles. The maximum Gasteiger partial charge on any atom is -0.344 e. The smallest absolute Gasteiger partial charge is 0.344 e. The van der Waals surface area contributed by atoms with Crippen LogP contribution in [0.25, 0.3) is 0 Å². The van der Waals surface area contributed by atoms with E-state index in [9.17, 15) is 0 Å². The van der Waals surface area contributed by atoms with Gasteiger partial charge in [0, 0.05) is 0 Å². The van der Waals surface area contributed by atoms with Gasteiger partial charge < -0.3 is 56.1 Å². The summed E-state index contributed by atoms with van der Waals surface area (Å²) in [5.41, 5.74) is 0. The first-order valence-electron chi connectivity index (χ1n) is 0. The summed E-state index contributed by atoms with van der Waals surface area (Å²) in [5, 5.41) is 0. The van der Waals surface area contributed by atoms with Gasteiger partial charge in [0.25, 0.3) is 0 Å². The molecule has 0 radical (unpaired) electrons. The van der Waals surface area contributed by atoms with Gasteiger partial charge in [0.2, 0.25) is 0 Å². The van der Waals surface area contributed by atoms with Gasteiger partial charge in [0.05, 0.1) is 0 Å². The lowest BCUT2D eigenvalue weighted by Gasteiger charge is -0.413. The van der Waals surface area contributed by atoms with E-state index in [4.69, 9.17) is 0 Å². The first kappa shape index (κ1) is 4440. The van der Waals surface area contributed by atoms with Crippen molar-refractivity contribution in [3.63, 3.8) is 0 Å². The van der Waals surface area contributed by atoms with E-state index in [-0.39, 0.29) is 56.1 Å². The van der Waals surface area contributed by atoms with Crippen LogP contribution in [0.4, 0.5) is 0 Å². The molecule has 10 heteroatoms. The molecule has 10 heavy (non-hydrogen) atoms. The molecule has 0 spiro atoms. The largest absolute Gasteiger partial charge is 0.412 e. The summed E-state index contributed by atoms with van der Waals surface area (Å²) in [5.74, 6) is 0. The van der Waals surface area contributed by atoms with Crippen molar-refractivity contribution < 1.29 is 43.8 Å². The summed E-state index contributed by atoms with van der Waals surface area (Å²) in [4.78, 5) is 0. The highest BCUT2D eigenvalue weighted by atomic mass is 16.0. The Bertz CT molecular complexity index is 7.22. The molecule has 0 aliphatic carbocycles. The minimum absolute atomic E-state index is 0.